The van der Waals surface area contributed by atoms with Crippen LogP contribution in [0.1, 0.15) is 11.1 Å². The van der Waals surface area contributed by atoms with Crippen molar-refractivity contribution in [1.82, 2.24) is 4.90 Å². The van der Waals surface area contributed by atoms with Crippen molar-refractivity contribution < 1.29 is 19.4 Å². The van der Waals surface area contributed by atoms with E-state index in [1.165, 1.54) is 0 Å². The maximum absolute atomic E-state index is 12.3. The second kappa shape index (κ2) is 8.56. The molecule has 3 rings (SSSR count). The first-order chi connectivity index (χ1) is 12.9. The predicted octanol–water partition coefficient (Wildman–Crippen LogP) is 4.20. The van der Waals surface area contributed by atoms with Crippen LogP contribution < -0.4 is 4.74 Å². The summed E-state index contributed by atoms with van der Waals surface area (Å²) in [5.41, 5.74) is 1.63. The van der Waals surface area contributed by atoms with Gasteiger partial charge in [0.25, 0.3) is 5.91 Å². The number of aliphatic carboxylic acids is 1. The predicted molar refractivity (Wildman–Crippen MR) is 110 cm³/mol. The lowest BCUT2D eigenvalue weighted by atomic mass is 10.2. The van der Waals surface area contributed by atoms with Gasteiger partial charge in [-0.1, -0.05) is 65.9 Å². The minimum Gasteiger partial charge on any atom is -0.489 e. The van der Waals surface area contributed by atoms with Gasteiger partial charge in [0.05, 0.1) is 4.91 Å². The average molecular weight is 420 g/mol. The van der Waals surface area contributed by atoms with Crippen LogP contribution in [0, 0.1) is 0 Å². The number of hydrogen-bond donors (Lipinski definition) is 1. The molecule has 2 aromatic carbocycles. The van der Waals surface area contributed by atoms with Crippen LogP contribution in [0.2, 0.25) is 5.02 Å². The van der Waals surface area contributed by atoms with Gasteiger partial charge in [0.15, 0.2) is 0 Å². The molecule has 1 heterocycles. The van der Waals surface area contributed by atoms with Crippen molar-refractivity contribution in [2.45, 2.75) is 6.61 Å². The van der Waals surface area contributed by atoms with Crippen molar-refractivity contribution >= 4 is 57.9 Å². The van der Waals surface area contributed by atoms with E-state index in [0.29, 0.717) is 22.3 Å². The van der Waals surface area contributed by atoms with Crippen LogP contribution in [-0.2, 0) is 16.2 Å². The van der Waals surface area contributed by atoms with Crippen LogP contribution >= 0.6 is 35.6 Å². The number of benzene rings is 2. The lowest BCUT2D eigenvalue weighted by Gasteiger charge is -2.10. The number of carboxylic acids is 1. The molecule has 0 saturated carbocycles. The molecule has 0 aliphatic carbocycles. The number of amides is 1. The zero-order valence-corrected chi connectivity index (χ0v) is 16.3. The summed E-state index contributed by atoms with van der Waals surface area (Å²) >= 11 is 12.3. The van der Waals surface area contributed by atoms with Gasteiger partial charge < -0.3 is 9.84 Å². The van der Waals surface area contributed by atoms with Gasteiger partial charge in [-0.05, 0) is 29.8 Å². The molecule has 0 aromatic heterocycles. The van der Waals surface area contributed by atoms with Crippen molar-refractivity contribution in [3.05, 3.63) is 69.6 Å². The summed E-state index contributed by atoms with van der Waals surface area (Å²) in [4.78, 5) is 24.6. The first-order valence-electron chi connectivity index (χ1n) is 7.87. The summed E-state index contributed by atoms with van der Waals surface area (Å²) in [6, 6.07) is 14.7. The fraction of sp³-hybridized carbons (Fsp3) is 0.105. The maximum atomic E-state index is 12.3. The molecule has 2 aromatic rings. The number of nitrogens with zero attached hydrogens (tertiary/aromatic N) is 1. The molecule has 5 nitrogen and oxygen atoms in total. The van der Waals surface area contributed by atoms with Crippen molar-refractivity contribution in [3.63, 3.8) is 0 Å². The van der Waals surface area contributed by atoms with Gasteiger partial charge in [-0.15, -0.1) is 0 Å². The molecule has 1 aliphatic heterocycles. The monoisotopic (exact) mass is 419 g/mol. The lowest BCUT2D eigenvalue weighted by Crippen LogP contribution is -2.33. The van der Waals surface area contributed by atoms with Gasteiger partial charge in [0.2, 0.25) is 0 Å². The molecule has 1 saturated heterocycles. The van der Waals surface area contributed by atoms with E-state index in [-0.39, 0.29) is 4.32 Å². The number of halogens is 1. The summed E-state index contributed by atoms with van der Waals surface area (Å²) < 4.78 is 6.02. The summed E-state index contributed by atoms with van der Waals surface area (Å²) in [7, 11) is 0. The topological polar surface area (TPSA) is 66.8 Å². The van der Waals surface area contributed by atoms with E-state index in [4.69, 9.17) is 33.7 Å². The number of ether oxygens (including phenoxy) is 1. The van der Waals surface area contributed by atoms with Gasteiger partial charge in [0.1, 0.15) is 23.2 Å². The van der Waals surface area contributed by atoms with Gasteiger partial charge in [-0.25, -0.2) is 0 Å². The van der Waals surface area contributed by atoms with Crippen LogP contribution in [0.3, 0.4) is 0 Å². The third-order valence-electron chi connectivity index (χ3n) is 3.67. The van der Waals surface area contributed by atoms with Crippen LogP contribution in [-0.4, -0.2) is 32.7 Å². The zero-order valence-electron chi connectivity index (χ0n) is 13.9. The fourth-order valence-corrected chi connectivity index (χ4v) is 3.84. The summed E-state index contributed by atoms with van der Waals surface area (Å²) in [5.74, 6) is -0.887. The Kier molecular flexibility index (Phi) is 6.15. The Morgan fingerprint density at radius 3 is 2.78 bits per heavy atom. The Morgan fingerprint density at radius 2 is 2.04 bits per heavy atom. The minimum absolute atomic E-state index is 0.236. The van der Waals surface area contributed by atoms with E-state index in [1.807, 2.05) is 36.4 Å². The van der Waals surface area contributed by atoms with Gasteiger partial charge in [-0.3, -0.25) is 14.5 Å². The molecule has 0 bridgehead atoms. The zero-order chi connectivity index (χ0) is 19.4. The smallest absolute Gasteiger partial charge is 0.323 e. The number of rotatable bonds is 6. The van der Waals surface area contributed by atoms with E-state index < -0.39 is 18.4 Å². The number of carbonyl (C=O) groups excluding carboxylic acids is 1. The molecule has 0 unspecified atom stereocenters. The normalized spacial score (nSPS) is 15.4. The molecule has 0 radical (unpaired) electrons. The summed E-state index contributed by atoms with van der Waals surface area (Å²) in [5, 5.41) is 9.52. The van der Waals surface area contributed by atoms with Crippen molar-refractivity contribution in [1.29, 1.82) is 0 Å². The molecule has 0 atom stereocenters. The van der Waals surface area contributed by atoms with Gasteiger partial charge in [-0.2, -0.15) is 0 Å². The lowest BCUT2D eigenvalue weighted by molar-refractivity contribution is -0.140. The third kappa shape index (κ3) is 4.88. The summed E-state index contributed by atoms with van der Waals surface area (Å²) in [6.45, 7) is -0.118. The van der Waals surface area contributed by atoms with E-state index >= 15 is 0 Å². The van der Waals surface area contributed by atoms with E-state index in [9.17, 15) is 9.59 Å². The Hall–Kier alpha value is -2.35. The van der Waals surface area contributed by atoms with Crippen LogP contribution in [0.4, 0.5) is 0 Å². The first kappa shape index (κ1) is 19.4. The van der Waals surface area contributed by atoms with Crippen molar-refractivity contribution in [2.24, 2.45) is 0 Å². The quantitative estimate of drug-likeness (QED) is 0.559. The van der Waals surface area contributed by atoms with E-state index in [2.05, 4.69) is 0 Å². The third-order valence-corrected chi connectivity index (χ3v) is 5.42. The Morgan fingerprint density at radius 1 is 1.26 bits per heavy atom. The van der Waals surface area contributed by atoms with E-state index in [0.717, 1.165) is 27.8 Å². The Balaban J connectivity index is 1.73. The largest absolute Gasteiger partial charge is 0.489 e. The number of carbonyl (C=O) groups is 2. The van der Waals surface area contributed by atoms with Gasteiger partial charge >= 0.3 is 5.97 Å². The molecule has 27 heavy (non-hydrogen) atoms. The summed E-state index contributed by atoms with van der Waals surface area (Å²) in [6.07, 6.45) is 1.67. The molecular formula is C19H14ClNO4S2. The molecule has 8 heteroatoms. The highest BCUT2D eigenvalue weighted by Crippen LogP contribution is 2.32. The Labute approximate surface area is 170 Å². The Bertz CT molecular complexity index is 945. The van der Waals surface area contributed by atoms with Crippen molar-refractivity contribution in [3.8, 4) is 5.75 Å². The van der Waals surface area contributed by atoms with Crippen LogP contribution in [0.5, 0.6) is 5.75 Å². The highest BCUT2D eigenvalue weighted by molar-refractivity contribution is 8.26. The second-order valence-corrected chi connectivity index (χ2v) is 7.70. The molecule has 1 aliphatic rings. The highest BCUT2D eigenvalue weighted by atomic mass is 35.5. The van der Waals surface area contributed by atoms with E-state index in [1.54, 1.807) is 18.2 Å². The van der Waals surface area contributed by atoms with Gasteiger partial charge in [0, 0.05) is 10.6 Å². The number of hydrogen-bond acceptors (Lipinski definition) is 5. The number of thioether (sulfide) groups is 1. The standard InChI is InChI=1S/C19H14ClNO4S2/c20-15-7-2-1-5-13(15)11-25-14-6-3-4-12(8-14)9-16-18(24)21(10-17(22)23)19(26)27-16/h1-9H,10-11H2,(H,22,23)/b16-9+. The minimum atomic E-state index is -1.11. The molecular weight excluding hydrogens is 406 g/mol. The first-order valence-corrected chi connectivity index (χ1v) is 9.48. The molecule has 1 fully saturated rings. The molecule has 1 N–H and O–H groups in total. The number of thiocarbonyl (C=S) groups is 1. The van der Waals surface area contributed by atoms with Crippen LogP contribution in [0.15, 0.2) is 53.4 Å². The molecule has 1 amide bonds. The fourth-order valence-electron chi connectivity index (χ4n) is 2.39. The van der Waals surface area contributed by atoms with Crippen LogP contribution in [0.25, 0.3) is 6.08 Å². The highest BCUT2D eigenvalue weighted by Gasteiger charge is 2.33. The number of carboxylic acid groups (broad SMARTS) is 1. The molecule has 0 spiro atoms. The van der Waals surface area contributed by atoms with Crippen molar-refractivity contribution in [2.75, 3.05) is 6.54 Å². The molecule has 138 valence electrons. The maximum Gasteiger partial charge on any atom is 0.323 e. The average Bonchev–Trinajstić information content (AvgIpc) is 2.88. The second-order valence-electron chi connectivity index (χ2n) is 5.61. The SMILES string of the molecule is O=C(O)CN1C(=O)/C(=C\c2cccc(OCc3ccccc3Cl)c2)SC1=S.